The van der Waals surface area contributed by atoms with Crippen molar-refractivity contribution in [3.05, 3.63) is 18.1 Å². The fourth-order valence-electron chi connectivity index (χ4n) is 1.86. The van der Waals surface area contributed by atoms with Gasteiger partial charge in [0, 0.05) is 20.1 Å². The van der Waals surface area contributed by atoms with Gasteiger partial charge in [-0.1, -0.05) is 0 Å². The van der Waals surface area contributed by atoms with Gasteiger partial charge in [-0.15, -0.1) is 0 Å². The van der Waals surface area contributed by atoms with Crippen molar-refractivity contribution in [3.8, 4) is 0 Å². The molecule has 1 saturated heterocycles. The van der Waals surface area contributed by atoms with Crippen molar-refractivity contribution in [3.63, 3.8) is 0 Å². The number of anilines is 1. The number of nitrogens with two attached hydrogens (primary N) is 1. The van der Waals surface area contributed by atoms with E-state index in [1.165, 1.54) is 0 Å². The first-order valence-corrected chi connectivity index (χ1v) is 5.83. The van der Waals surface area contributed by atoms with E-state index in [2.05, 4.69) is 15.3 Å². The van der Waals surface area contributed by atoms with E-state index in [9.17, 15) is 4.79 Å². The maximum absolute atomic E-state index is 11.8. The van der Waals surface area contributed by atoms with Crippen LogP contribution in [0.15, 0.2) is 12.4 Å². The molecule has 0 radical (unpaired) electrons. The smallest absolute Gasteiger partial charge is 0.244 e. The lowest BCUT2D eigenvalue weighted by atomic mass is 10.2. The first kappa shape index (κ1) is 12.7. The highest BCUT2D eigenvalue weighted by Crippen LogP contribution is 2.16. The lowest BCUT2D eigenvalue weighted by Gasteiger charge is -2.34. The van der Waals surface area contributed by atoms with Crippen molar-refractivity contribution in [2.75, 3.05) is 31.7 Å². The minimum atomic E-state index is -0.359. The Morgan fingerprint density at radius 1 is 1.61 bits per heavy atom. The van der Waals surface area contributed by atoms with Gasteiger partial charge in [-0.25, -0.2) is 4.98 Å². The number of morpholine rings is 1. The van der Waals surface area contributed by atoms with Gasteiger partial charge in [-0.05, 0) is 0 Å². The van der Waals surface area contributed by atoms with Crippen LogP contribution in [0.5, 0.6) is 0 Å². The summed E-state index contributed by atoms with van der Waals surface area (Å²) in [6, 6.07) is -0.359. The fourth-order valence-corrected chi connectivity index (χ4v) is 1.86. The molecule has 1 aromatic rings. The summed E-state index contributed by atoms with van der Waals surface area (Å²) >= 11 is 0. The first-order chi connectivity index (χ1) is 8.76. The number of likely N-dealkylation sites (N-methyl/N-ethyl adjacent to an activating group) is 1. The summed E-state index contributed by atoms with van der Waals surface area (Å²) in [5.41, 5.74) is 6.20. The van der Waals surface area contributed by atoms with Crippen LogP contribution in [-0.4, -0.2) is 48.7 Å². The van der Waals surface area contributed by atoms with Crippen molar-refractivity contribution in [2.24, 2.45) is 5.73 Å². The van der Waals surface area contributed by atoms with Gasteiger partial charge in [-0.3, -0.25) is 9.78 Å². The quantitative estimate of drug-likeness (QED) is 0.707. The normalized spacial score (nSPS) is 19.7. The SMILES string of the molecule is CNC(=O)C1COCCN1c1cnc(CN)cn1. The summed E-state index contributed by atoms with van der Waals surface area (Å²) in [5.74, 6) is 0.587. The molecule has 0 spiro atoms. The summed E-state index contributed by atoms with van der Waals surface area (Å²) in [6.45, 7) is 1.91. The Bertz CT molecular complexity index is 408. The van der Waals surface area contributed by atoms with Crippen LogP contribution in [0.25, 0.3) is 0 Å². The maximum atomic E-state index is 11.8. The molecule has 1 aliphatic rings. The molecule has 1 unspecified atom stereocenters. The summed E-state index contributed by atoms with van der Waals surface area (Å²) in [7, 11) is 1.61. The number of ether oxygens (including phenoxy) is 1. The van der Waals surface area contributed by atoms with Crippen molar-refractivity contribution in [1.82, 2.24) is 15.3 Å². The summed E-state index contributed by atoms with van der Waals surface area (Å²) in [5, 5.41) is 2.63. The van der Waals surface area contributed by atoms with Crippen LogP contribution in [-0.2, 0) is 16.1 Å². The molecule has 2 rings (SSSR count). The molecule has 1 amide bonds. The Morgan fingerprint density at radius 3 is 3.06 bits per heavy atom. The average molecular weight is 251 g/mol. The molecule has 0 aliphatic carbocycles. The minimum absolute atomic E-state index is 0.0839. The Balaban J connectivity index is 2.19. The third kappa shape index (κ3) is 2.57. The van der Waals surface area contributed by atoms with Gasteiger partial charge in [0.1, 0.15) is 11.9 Å². The summed E-state index contributed by atoms with van der Waals surface area (Å²) in [4.78, 5) is 22.1. The van der Waals surface area contributed by atoms with Crippen LogP contribution in [0, 0.1) is 0 Å². The van der Waals surface area contributed by atoms with Crippen molar-refractivity contribution in [1.29, 1.82) is 0 Å². The zero-order valence-corrected chi connectivity index (χ0v) is 10.3. The summed E-state index contributed by atoms with van der Waals surface area (Å²) < 4.78 is 5.33. The zero-order valence-electron chi connectivity index (χ0n) is 10.3. The monoisotopic (exact) mass is 251 g/mol. The van der Waals surface area contributed by atoms with E-state index in [-0.39, 0.29) is 11.9 Å². The third-order valence-electron chi connectivity index (χ3n) is 2.87. The van der Waals surface area contributed by atoms with Crippen LogP contribution >= 0.6 is 0 Å². The van der Waals surface area contributed by atoms with Gasteiger partial charge in [0.15, 0.2) is 0 Å². The second kappa shape index (κ2) is 5.74. The van der Waals surface area contributed by atoms with E-state index < -0.39 is 0 Å². The van der Waals surface area contributed by atoms with Crippen molar-refractivity contribution in [2.45, 2.75) is 12.6 Å². The lowest BCUT2D eigenvalue weighted by Crippen LogP contribution is -2.53. The lowest BCUT2D eigenvalue weighted by molar-refractivity contribution is -0.124. The first-order valence-electron chi connectivity index (χ1n) is 5.83. The second-order valence-electron chi connectivity index (χ2n) is 3.97. The average Bonchev–Trinajstić information content (AvgIpc) is 2.46. The predicted octanol–water partition coefficient (Wildman–Crippen LogP) is -1.11. The number of amides is 1. The van der Waals surface area contributed by atoms with Crippen LogP contribution in [0.1, 0.15) is 5.69 Å². The number of nitrogens with one attached hydrogen (secondary N) is 1. The number of carbonyl (C=O) groups excluding carboxylic acids is 1. The van der Waals surface area contributed by atoms with Crippen molar-refractivity contribution < 1.29 is 9.53 Å². The number of carbonyl (C=O) groups is 1. The molecule has 0 bridgehead atoms. The van der Waals surface area contributed by atoms with Crippen LogP contribution in [0.2, 0.25) is 0 Å². The molecule has 1 aromatic heterocycles. The highest BCUT2D eigenvalue weighted by molar-refractivity contribution is 5.85. The molecular formula is C11H17N5O2. The number of hydrogen-bond donors (Lipinski definition) is 2. The van der Waals surface area contributed by atoms with E-state index in [1.807, 2.05) is 4.90 Å². The number of rotatable bonds is 3. The second-order valence-corrected chi connectivity index (χ2v) is 3.97. The Labute approximate surface area is 105 Å². The fraction of sp³-hybridized carbons (Fsp3) is 0.545. The molecule has 7 heteroatoms. The third-order valence-corrected chi connectivity index (χ3v) is 2.87. The van der Waals surface area contributed by atoms with Crippen LogP contribution in [0.3, 0.4) is 0 Å². The van der Waals surface area contributed by atoms with Gasteiger partial charge in [0.25, 0.3) is 0 Å². The van der Waals surface area contributed by atoms with Gasteiger partial charge in [0.05, 0.1) is 31.3 Å². The molecular weight excluding hydrogens is 234 g/mol. The maximum Gasteiger partial charge on any atom is 0.244 e. The Morgan fingerprint density at radius 2 is 2.44 bits per heavy atom. The molecule has 3 N–H and O–H groups in total. The predicted molar refractivity (Wildman–Crippen MR) is 65.9 cm³/mol. The number of aromatic nitrogens is 2. The largest absolute Gasteiger partial charge is 0.377 e. The molecule has 0 saturated carbocycles. The number of nitrogens with zero attached hydrogens (tertiary/aromatic N) is 3. The molecule has 7 nitrogen and oxygen atoms in total. The topological polar surface area (TPSA) is 93.4 Å². The van der Waals surface area contributed by atoms with E-state index in [0.29, 0.717) is 32.1 Å². The van der Waals surface area contributed by atoms with E-state index in [0.717, 1.165) is 5.69 Å². The van der Waals surface area contributed by atoms with Gasteiger partial charge >= 0.3 is 0 Å². The van der Waals surface area contributed by atoms with Gasteiger partial charge in [0.2, 0.25) is 5.91 Å². The summed E-state index contributed by atoms with van der Waals surface area (Å²) in [6.07, 6.45) is 3.27. The van der Waals surface area contributed by atoms with Crippen LogP contribution in [0.4, 0.5) is 5.82 Å². The molecule has 98 valence electrons. The standard InChI is InChI=1S/C11H17N5O2/c1-13-11(17)9-7-18-3-2-16(9)10-6-14-8(4-12)5-15-10/h5-6,9H,2-4,7,12H2,1H3,(H,13,17). The molecule has 18 heavy (non-hydrogen) atoms. The van der Waals surface area contributed by atoms with E-state index >= 15 is 0 Å². The highest BCUT2D eigenvalue weighted by Gasteiger charge is 2.29. The van der Waals surface area contributed by atoms with Crippen molar-refractivity contribution >= 4 is 11.7 Å². The van der Waals surface area contributed by atoms with E-state index in [1.54, 1.807) is 19.4 Å². The number of hydrogen-bond acceptors (Lipinski definition) is 6. The Kier molecular flexibility index (Phi) is 4.06. The molecule has 1 atom stereocenters. The van der Waals surface area contributed by atoms with Gasteiger partial charge < -0.3 is 20.7 Å². The van der Waals surface area contributed by atoms with Crippen LogP contribution < -0.4 is 16.0 Å². The molecule has 1 fully saturated rings. The van der Waals surface area contributed by atoms with E-state index in [4.69, 9.17) is 10.5 Å². The minimum Gasteiger partial charge on any atom is -0.377 e. The molecule has 2 heterocycles. The zero-order chi connectivity index (χ0) is 13.0. The molecule has 1 aliphatic heterocycles. The highest BCUT2D eigenvalue weighted by atomic mass is 16.5. The molecule has 0 aromatic carbocycles. The van der Waals surface area contributed by atoms with Gasteiger partial charge in [-0.2, -0.15) is 0 Å². The Hall–Kier alpha value is -1.73.